The van der Waals surface area contributed by atoms with Gasteiger partial charge in [0.25, 0.3) is 0 Å². The third kappa shape index (κ3) is 3.92. The van der Waals surface area contributed by atoms with E-state index in [9.17, 15) is 0 Å². The number of benzene rings is 1. The van der Waals surface area contributed by atoms with Gasteiger partial charge in [-0.15, -0.1) is 0 Å². The third-order valence-corrected chi connectivity index (χ3v) is 2.52. The molecule has 1 aromatic carbocycles. The Balaban J connectivity index is 2.55. The highest BCUT2D eigenvalue weighted by Crippen LogP contribution is 2.14. The molecule has 0 aliphatic rings. The Hall–Kier alpha value is -1.02. The fourth-order valence-electron chi connectivity index (χ4n) is 1.49. The fraction of sp³-hybridized carbons (Fsp3) is 0.538. The third-order valence-electron chi connectivity index (χ3n) is 2.52. The second kappa shape index (κ2) is 6.46. The van der Waals surface area contributed by atoms with Crippen LogP contribution >= 0.6 is 0 Å². The van der Waals surface area contributed by atoms with Crippen LogP contribution in [0.2, 0.25) is 0 Å². The summed E-state index contributed by atoms with van der Waals surface area (Å²) in [6, 6.07) is 8.36. The van der Waals surface area contributed by atoms with Gasteiger partial charge in [-0.3, -0.25) is 0 Å². The molecule has 0 radical (unpaired) electrons. The topological polar surface area (TPSA) is 21.3 Å². The van der Waals surface area contributed by atoms with Crippen LogP contribution in [0.25, 0.3) is 0 Å². The van der Waals surface area contributed by atoms with E-state index >= 15 is 0 Å². The van der Waals surface area contributed by atoms with E-state index < -0.39 is 0 Å². The van der Waals surface area contributed by atoms with Gasteiger partial charge in [0.05, 0.1) is 0 Å². The van der Waals surface area contributed by atoms with Crippen LogP contribution < -0.4 is 10.1 Å². The summed E-state index contributed by atoms with van der Waals surface area (Å²) < 4.78 is 5.84. The Morgan fingerprint density at radius 2 is 1.87 bits per heavy atom. The zero-order valence-electron chi connectivity index (χ0n) is 9.92. The Kier molecular flexibility index (Phi) is 5.19. The Labute approximate surface area is 92.6 Å². The lowest BCUT2D eigenvalue weighted by molar-refractivity contribution is 0.196. The highest BCUT2D eigenvalue weighted by atomic mass is 16.5. The smallest absolute Gasteiger partial charge is 0.119 e. The molecule has 0 bridgehead atoms. The van der Waals surface area contributed by atoms with Gasteiger partial charge in [0.1, 0.15) is 11.9 Å². The Bertz CT molecular complexity index is 268. The van der Waals surface area contributed by atoms with Crippen molar-refractivity contribution in [3.8, 4) is 5.75 Å². The van der Waals surface area contributed by atoms with Crippen LogP contribution in [-0.4, -0.2) is 19.7 Å². The minimum atomic E-state index is 0.266. The van der Waals surface area contributed by atoms with Crippen molar-refractivity contribution in [1.29, 1.82) is 0 Å². The molecule has 1 atom stereocenters. The lowest BCUT2D eigenvalue weighted by Gasteiger charge is -2.17. The average molecular weight is 207 g/mol. The van der Waals surface area contributed by atoms with Crippen molar-refractivity contribution >= 4 is 0 Å². The van der Waals surface area contributed by atoms with Gasteiger partial charge in [0.2, 0.25) is 0 Å². The van der Waals surface area contributed by atoms with Crippen LogP contribution in [0.3, 0.4) is 0 Å². The molecule has 84 valence electrons. The number of hydrogen-bond donors (Lipinski definition) is 1. The first-order valence-corrected chi connectivity index (χ1v) is 5.70. The summed E-state index contributed by atoms with van der Waals surface area (Å²) in [4.78, 5) is 0. The normalized spacial score (nSPS) is 12.5. The molecule has 0 aromatic heterocycles. The van der Waals surface area contributed by atoms with Gasteiger partial charge in [-0.05, 0) is 37.6 Å². The molecule has 0 aliphatic heterocycles. The van der Waals surface area contributed by atoms with Gasteiger partial charge in [0, 0.05) is 6.54 Å². The molecule has 0 saturated heterocycles. The molecule has 15 heavy (non-hydrogen) atoms. The summed E-state index contributed by atoms with van der Waals surface area (Å²) in [6.07, 6.45) is 2.37. The molecular weight excluding hydrogens is 186 g/mol. The van der Waals surface area contributed by atoms with Crippen LogP contribution in [0.15, 0.2) is 24.3 Å². The number of aryl methyl sites for hydroxylation is 1. The van der Waals surface area contributed by atoms with Gasteiger partial charge >= 0.3 is 0 Å². The van der Waals surface area contributed by atoms with Crippen LogP contribution in [-0.2, 0) is 6.42 Å². The molecule has 1 unspecified atom stereocenters. The lowest BCUT2D eigenvalue weighted by Crippen LogP contribution is -2.28. The van der Waals surface area contributed by atoms with Crippen molar-refractivity contribution in [3.05, 3.63) is 29.8 Å². The molecule has 0 fully saturated rings. The second-order valence-electron chi connectivity index (χ2n) is 3.70. The van der Waals surface area contributed by atoms with Crippen LogP contribution in [0, 0.1) is 0 Å². The minimum Gasteiger partial charge on any atom is -0.489 e. The quantitative estimate of drug-likeness (QED) is 0.774. The van der Waals surface area contributed by atoms with Gasteiger partial charge in [-0.1, -0.05) is 26.0 Å². The van der Waals surface area contributed by atoms with Crippen molar-refractivity contribution in [1.82, 2.24) is 5.32 Å². The predicted molar refractivity (Wildman–Crippen MR) is 64.5 cm³/mol. The van der Waals surface area contributed by atoms with Gasteiger partial charge in [-0.25, -0.2) is 0 Å². The minimum absolute atomic E-state index is 0.266. The number of rotatable bonds is 6. The molecule has 1 N–H and O–H groups in total. The molecule has 0 saturated carbocycles. The molecule has 0 spiro atoms. The summed E-state index contributed by atoms with van der Waals surface area (Å²) >= 11 is 0. The molecule has 2 heteroatoms. The number of ether oxygens (including phenoxy) is 1. The van der Waals surface area contributed by atoms with Gasteiger partial charge < -0.3 is 10.1 Å². The van der Waals surface area contributed by atoms with E-state index in [0.29, 0.717) is 0 Å². The van der Waals surface area contributed by atoms with Crippen LogP contribution in [0.5, 0.6) is 5.75 Å². The summed E-state index contributed by atoms with van der Waals surface area (Å²) in [5, 5.41) is 3.14. The maximum absolute atomic E-state index is 5.84. The zero-order valence-corrected chi connectivity index (χ0v) is 9.92. The molecule has 1 rings (SSSR count). The summed E-state index contributed by atoms with van der Waals surface area (Å²) in [5.74, 6) is 0.967. The maximum Gasteiger partial charge on any atom is 0.119 e. The van der Waals surface area contributed by atoms with E-state index in [-0.39, 0.29) is 6.10 Å². The first kappa shape index (κ1) is 12.1. The van der Waals surface area contributed by atoms with E-state index in [4.69, 9.17) is 4.74 Å². The van der Waals surface area contributed by atoms with Crippen molar-refractivity contribution in [2.75, 3.05) is 13.6 Å². The highest BCUT2D eigenvalue weighted by molar-refractivity contribution is 5.27. The molecule has 1 aromatic rings. The Morgan fingerprint density at radius 3 is 2.33 bits per heavy atom. The van der Waals surface area contributed by atoms with Crippen molar-refractivity contribution in [3.63, 3.8) is 0 Å². The van der Waals surface area contributed by atoms with Crippen molar-refractivity contribution in [2.24, 2.45) is 0 Å². The molecular formula is C13H21NO. The molecule has 0 heterocycles. The first-order chi connectivity index (χ1) is 7.30. The SMILES string of the molecule is CCc1ccc(OC(CC)CNC)cc1. The maximum atomic E-state index is 5.84. The van der Waals surface area contributed by atoms with Crippen molar-refractivity contribution in [2.45, 2.75) is 32.8 Å². The van der Waals surface area contributed by atoms with Crippen molar-refractivity contribution < 1.29 is 4.74 Å². The Morgan fingerprint density at radius 1 is 1.20 bits per heavy atom. The number of likely N-dealkylation sites (N-methyl/N-ethyl adjacent to an activating group) is 1. The van der Waals surface area contributed by atoms with E-state index in [1.54, 1.807) is 0 Å². The first-order valence-electron chi connectivity index (χ1n) is 5.70. The van der Waals surface area contributed by atoms with E-state index in [2.05, 4.69) is 43.4 Å². The van der Waals surface area contributed by atoms with Crippen LogP contribution in [0.4, 0.5) is 0 Å². The monoisotopic (exact) mass is 207 g/mol. The zero-order chi connectivity index (χ0) is 11.1. The number of nitrogens with one attached hydrogen (secondary N) is 1. The van der Waals surface area contributed by atoms with E-state index in [1.165, 1.54) is 5.56 Å². The summed E-state index contributed by atoms with van der Waals surface area (Å²) in [6.45, 7) is 5.19. The number of hydrogen-bond acceptors (Lipinski definition) is 2. The molecule has 0 aliphatic carbocycles. The standard InChI is InChI=1S/C13H21NO/c1-4-11-6-8-13(9-7-11)15-12(5-2)10-14-3/h6-9,12,14H,4-5,10H2,1-3H3. The molecule has 0 amide bonds. The molecule has 2 nitrogen and oxygen atoms in total. The van der Waals surface area contributed by atoms with Crippen LogP contribution in [0.1, 0.15) is 25.8 Å². The summed E-state index contributed by atoms with van der Waals surface area (Å²) in [7, 11) is 1.95. The largest absolute Gasteiger partial charge is 0.489 e. The van der Waals surface area contributed by atoms with E-state index in [1.807, 2.05) is 7.05 Å². The van der Waals surface area contributed by atoms with E-state index in [0.717, 1.165) is 25.1 Å². The van der Waals surface area contributed by atoms with Gasteiger partial charge in [-0.2, -0.15) is 0 Å². The predicted octanol–water partition coefficient (Wildman–Crippen LogP) is 2.63. The second-order valence-corrected chi connectivity index (χ2v) is 3.70. The highest BCUT2D eigenvalue weighted by Gasteiger charge is 2.05. The summed E-state index contributed by atoms with van der Waals surface area (Å²) in [5.41, 5.74) is 1.35. The average Bonchev–Trinajstić information content (AvgIpc) is 2.29. The fourth-order valence-corrected chi connectivity index (χ4v) is 1.49. The van der Waals surface area contributed by atoms with Gasteiger partial charge in [0.15, 0.2) is 0 Å². The lowest BCUT2D eigenvalue weighted by atomic mass is 10.2.